The number of rotatable bonds is 2. The van der Waals surface area contributed by atoms with Crippen LogP contribution >= 0.6 is 0 Å². The second-order valence-electron chi connectivity index (χ2n) is 4.66. The van der Waals surface area contributed by atoms with Gasteiger partial charge in [-0.1, -0.05) is 20.8 Å². The largest absolute Gasteiger partial charge is 0.481 e. The van der Waals surface area contributed by atoms with Crippen LogP contribution in [0.5, 0.6) is 0 Å². The smallest absolute Gasteiger partial charge is 0.306 e. The van der Waals surface area contributed by atoms with E-state index in [1.807, 2.05) is 20.8 Å². The molecule has 0 saturated heterocycles. The maximum absolute atomic E-state index is 10.5. The van der Waals surface area contributed by atoms with Gasteiger partial charge in [-0.05, 0) is 17.8 Å². The summed E-state index contributed by atoms with van der Waals surface area (Å²) in [6.07, 6.45) is 0.145. The van der Waals surface area contributed by atoms with Crippen molar-refractivity contribution in [2.24, 2.45) is 17.3 Å². The van der Waals surface area contributed by atoms with E-state index in [0.717, 1.165) is 0 Å². The summed E-state index contributed by atoms with van der Waals surface area (Å²) in [5.74, 6) is -1.11. The summed E-state index contributed by atoms with van der Waals surface area (Å²) >= 11 is 0. The number of carboxylic acid groups (broad SMARTS) is 1. The molecule has 1 fully saturated rings. The number of aliphatic hydroxyl groups is 1. The average molecular weight is 172 g/mol. The van der Waals surface area contributed by atoms with Crippen molar-refractivity contribution in [3.8, 4) is 0 Å². The first-order valence-corrected chi connectivity index (χ1v) is 4.25. The molecule has 0 spiro atoms. The molecule has 1 aliphatic rings. The van der Waals surface area contributed by atoms with Crippen LogP contribution in [0, 0.1) is 17.3 Å². The van der Waals surface area contributed by atoms with Gasteiger partial charge in [-0.2, -0.15) is 0 Å². The maximum Gasteiger partial charge on any atom is 0.306 e. The number of hydrogen-bond acceptors (Lipinski definition) is 2. The van der Waals surface area contributed by atoms with Crippen molar-refractivity contribution in [3.63, 3.8) is 0 Å². The predicted molar refractivity (Wildman–Crippen MR) is 44.7 cm³/mol. The molecule has 3 nitrogen and oxygen atoms in total. The quantitative estimate of drug-likeness (QED) is 0.656. The van der Waals surface area contributed by atoms with Crippen LogP contribution in [0.4, 0.5) is 0 Å². The van der Waals surface area contributed by atoms with Gasteiger partial charge in [-0.3, -0.25) is 4.79 Å². The lowest BCUT2D eigenvalue weighted by atomic mass is 9.86. The van der Waals surface area contributed by atoms with Crippen molar-refractivity contribution >= 4 is 5.97 Å². The Hall–Kier alpha value is -0.570. The molecule has 3 atom stereocenters. The summed E-state index contributed by atoms with van der Waals surface area (Å²) in [5, 5.41) is 18.3. The fraction of sp³-hybridized carbons (Fsp3) is 0.889. The van der Waals surface area contributed by atoms with Crippen LogP contribution in [0.1, 0.15) is 27.2 Å². The number of aliphatic hydroxyl groups excluding tert-OH is 1. The van der Waals surface area contributed by atoms with Crippen molar-refractivity contribution in [1.82, 2.24) is 0 Å². The number of carboxylic acids is 1. The summed E-state index contributed by atoms with van der Waals surface area (Å²) in [5.41, 5.74) is -0.200. The molecule has 70 valence electrons. The minimum Gasteiger partial charge on any atom is -0.481 e. The minimum atomic E-state index is -0.775. The van der Waals surface area contributed by atoms with Gasteiger partial charge >= 0.3 is 5.97 Å². The Morgan fingerprint density at radius 1 is 1.50 bits per heavy atom. The standard InChI is InChI=1S/C9H16O3/c1-9(2,3)7(10)5-4-6(5)8(11)12/h5-7,10H,4H2,1-3H3,(H,11,12)/t5-,6+,7?/m0/s1. The van der Waals surface area contributed by atoms with E-state index < -0.39 is 12.1 Å². The summed E-state index contributed by atoms with van der Waals surface area (Å²) < 4.78 is 0. The fourth-order valence-corrected chi connectivity index (χ4v) is 1.49. The molecule has 0 aliphatic heterocycles. The van der Waals surface area contributed by atoms with Gasteiger partial charge in [0.1, 0.15) is 0 Å². The Morgan fingerprint density at radius 2 is 2.00 bits per heavy atom. The molecule has 0 aromatic heterocycles. The molecule has 0 heterocycles. The monoisotopic (exact) mass is 172 g/mol. The molecule has 1 unspecified atom stereocenters. The van der Waals surface area contributed by atoms with E-state index in [2.05, 4.69) is 0 Å². The molecule has 12 heavy (non-hydrogen) atoms. The van der Waals surface area contributed by atoms with Crippen LogP contribution < -0.4 is 0 Å². The zero-order chi connectivity index (χ0) is 9.52. The molecule has 0 bridgehead atoms. The Bertz CT molecular complexity index is 192. The number of hydrogen-bond donors (Lipinski definition) is 2. The molecular formula is C9H16O3. The third-order valence-electron chi connectivity index (χ3n) is 2.45. The van der Waals surface area contributed by atoms with E-state index in [1.165, 1.54) is 0 Å². The first-order valence-electron chi connectivity index (χ1n) is 4.25. The highest BCUT2D eigenvalue weighted by Gasteiger charge is 2.50. The summed E-state index contributed by atoms with van der Waals surface area (Å²) in [4.78, 5) is 10.5. The highest BCUT2D eigenvalue weighted by Crippen LogP contribution is 2.46. The van der Waals surface area contributed by atoms with Crippen LogP contribution in [-0.4, -0.2) is 22.3 Å². The highest BCUT2D eigenvalue weighted by atomic mass is 16.4. The third kappa shape index (κ3) is 1.78. The van der Waals surface area contributed by atoms with Crippen molar-refractivity contribution in [3.05, 3.63) is 0 Å². The molecule has 0 aromatic carbocycles. The lowest BCUT2D eigenvalue weighted by Crippen LogP contribution is -2.29. The molecule has 0 aromatic rings. The molecule has 2 N–H and O–H groups in total. The minimum absolute atomic E-state index is 0.0255. The third-order valence-corrected chi connectivity index (χ3v) is 2.45. The Labute approximate surface area is 72.4 Å². The molecule has 0 amide bonds. The first-order chi connectivity index (χ1) is 5.34. The van der Waals surface area contributed by atoms with Gasteiger partial charge in [0, 0.05) is 0 Å². The topological polar surface area (TPSA) is 57.5 Å². The summed E-state index contributed by atoms with van der Waals surface area (Å²) in [6.45, 7) is 5.78. The van der Waals surface area contributed by atoms with Gasteiger partial charge in [0.25, 0.3) is 0 Å². The molecule has 1 rings (SSSR count). The maximum atomic E-state index is 10.5. The van der Waals surface area contributed by atoms with Gasteiger partial charge in [0.15, 0.2) is 0 Å². The Balaban J connectivity index is 2.49. The molecule has 3 heteroatoms. The summed E-state index contributed by atoms with van der Waals surface area (Å²) in [6, 6.07) is 0. The first kappa shape index (κ1) is 9.52. The van der Waals surface area contributed by atoms with Gasteiger partial charge in [-0.25, -0.2) is 0 Å². The SMILES string of the molecule is CC(C)(C)C(O)[C@H]1C[C@H]1C(=O)O. The normalized spacial score (nSPS) is 31.3. The van der Waals surface area contributed by atoms with E-state index in [0.29, 0.717) is 6.42 Å². The van der Waals surface area contributed by atoms with Crippen LogP contribution in [0.25, 0.3) is 0 Å². The van der Waals surface area contributed by atoms with Crippen LogP contribution in [0.3, 0.4) is 0 Å². The summed E-state index contributed by atoms with van der Waals surface area (Å²) in [7, 11) is 0. The highest BCUT2D eigenvalue weighted by molar-refractivity contribution is 5.73. The van der Waals surface area contributed by atoms with Crippen molar-refractivity contribution < 1.29 is 15.0 Å². The number of carbonyl (C=O) groups is 1. The molecular weight excluding hydrogens is 156 g/mol. The van der Waals surface area contributed by atoms with E-state index in [4.69, 9.17) is 5.11 Å². The van der Waals surface area contributed by atoms with Crippen LogP contribution in [-0.2, 0) is 4.79 Å². The lowest BCUT2D eigenvalue weighted by molar-refractivity contribution is -0.139. The Morgan fingerprint density at radius 3 is 2.25 bits per heavy atom. The van der Waals surface area contributed by atoms with Gasteiger partial charge in [0.2, 0.25) is 0 Å². The van der Waals surface area contributed by atoms with E-state index in [9.17, 15) is 9.90 Å². The van der Waals surface area contributed by atoms with Gasteiger partial charge in [-0.15, -0.1) is 0 Å². The zero-order valence-electron chi connectivity index (χ0n) is 7.74. The average Bonchev–Trinajstić information content (AvgIpc) is 2.61. The zero-order valence-corrected chi connectivity index (χ0v) is 7.74. The van der Waals surface area contributed by atoms with E-state index >= 15 is 0 Å². The van der Waals surface area contributed by atoms with E-state index in [-0.39, 0.29) is 17.3 Å². The van der Waals surface area contributed by atoms with E-state index in [1.54, 1.807) is 0 Å². The van der Waals surface area contributed by atoms with Crippen LogP contribution in [0.2, 0.25) is 0 Å². The second-order valence-corrected chi connectivity index (χ2v) is 4.66. The Kier molecular flexibility index (Phi) is 2.17. The molecule has 1 aliphatic carbocycles. The predicted octanol–water partition coefficient (Wildman–Crippen LogP) is 1.11. The van der Waals surface area contributed by atoms with Gasteiger partial charge < -0.3 is 10.2 Å². The van der Waals surface area contributed by atoms with Crippen LogP contribution in [0.15, 0.2) is 0 Å². The van der Waals surface area contributed by atoms with Crippen molar-refractivity contribution in [1.29, 1.82) is 0 Å². The lowest BCUT2D eigenvalue weighted by Gasteiger charge is -2.25. The molecule has 1 saturated carbocycles. The fourth-order valence-electron chi connectivity index (χ4n) is 1.49. The number of aliphatic carboxylic acids is 1. The van der Waals surface area contributed by atoms with Crippen molar-refractivity contribution in [2.75, 3.05) is 0 Å². The van der Waals surface area contributed by atoms with Crippen molar-refractivity contribution in [2.45, 2.75) is 33.3 Å². The van der Waals surface area contributed by atoms with Gasteiger partial charge in [0.05, 0.1) is 12.0 Å². The second kappa shape index (κ2) is 2.73. The molecule has 0 radical (unpaired) electrons.